The molecule has 0 spiro atoms. The third kappa shape index (κ3) is 4.52. The van der Waals surface area contributed by atoms with Gasteiger partial charge in [0.1, 0.15) is 0 Å². The summed E-state index contributed by atoms with van der Waals surface area (Å²) in [6, 6.07) is 0. The molecule has 2 aliphatic rings. The number of likely N-dealkylation sites (tertiary alicyclic amines) is 1. The van der Waals surface area contributed by atoms with Gasteiger partial charge in [0.15, 0.2) is 6.10 Å². The van der Waals surface area contributed by atoms with Crippen molar-refractivity contribution in [3.05, 3.63) is 12.4 Å². The second-order valence-corrected chi connectivity index (χ2v) is 10.7. The number of rotatable bonds is 6. The maximum absolute atomic E-state index is 12.7. The first-order chi connectivity index (χ1) is 13.9. The van der Waals surface area contributed by atoms with Gasteiger partial charge in [-0.2, -0.15) is 0 Å². The number of hydrogen-bond donors (Lipinski definition) is 2. The normalized spacial score (nSPS) is 24.3. The molecule has 2 atom stereocenters. The molecule has 2 fully saturated rings. The number of hydrogen-bond acceptors (Lipinski definition) is 9. The van der Waals surface area contributed by atoms with Crippen LogP contribution in [0.3, 0.4) is 0 Å². The molecule has 0 aliphatic carbocycles. The van der Waals surface area contributed by atoms with Crippen molar-refractivity contribution in [3.63, 3.8) is 0 Å². The predicted octanol–water partition coefficient (Wildman–Crippen LogP) is -1.25. The third-order valence-electron chi connectivity index (χ3n) is 5.96. The fourth-order valence-electron chi connectivity index (χ4n) is 3.43. The number of amides is 1. The van der Waals surface area contributed by atoms with Crippen LogP contribution in [0.4, 0.5) is 0 Å². The number of carbonyl (C=O) groups is 1. The highest BCUT2D eigenvalue weighted by Gasteiger charge is 2.52. The molecular weight excluding hydrogens is 413 g/mol. The van der Waals surface area contributed by atoms with E-state index in [1.54, 1.807) is 0 Å². The van der Waals surface area contributed by atoms with Crippen LogP contribution in [-0.2, 0) is 23.9 Å². The lowest BCUT2D eigenvalue weighted by Gasteiger charge is -2.32. The fourth-order valence-corrected chi connectivity index (χ4v) is 4.90. The molecule has 1 aromatic heterocycles. The van der Waals surface area contributed by atoms with Gasteiger partial charge in [0.25, 0.3) is 5.91 Å². The summed E-state index contributed by atoms with van der Waals surface area (Å²) in [6.45, 7) is 7.54. The summed E-state index contributed by atoms with van der Waals surface area (Å²) in [5, 5.41) is 18.1. The molecule has 2 unspecified atom stereocenters. The van der Waals surface area contributed by atoms with Gasteiger partial charge in [0, 0.05) is 30.9 Å². The zero-order valence-electron chi connectivity index (χ0n) is 17.6. The average molecular weight is 441 g/mol. The predicted molar refractivity (Wildman–Crippen MR) is 108 cm³/mol. The van der Waals surface area contributed by atoms with Gasteiger partial charge in [-0.3, -0.25) is 4.79 Å². The summed E-state index contributed by atoms with van der Waals surface area (Å²) in [4.78, 5) is 21.3. The minimum atomic E-state index is -3.76. The minimum absolute atomic E-state index is 0.196. The molecule has 0 saturated carbocycles. The molecule has 10 nitrogen and oxygen atoms in total. The van der Waals surface area contributed by atoms with Crippen molar-refractivity contribution >= 4 is 28.3 Å². The summed E-state index contributed by atoms with van der Waals surface area (Å²) < 4.78 is 37.3. The monoisotopic (exact) mass is 441 g/mol. The smallest absolute Gasteiger partial charge is 0.399 e. The molecule has 2 saturated heterocycles. The SMILES string of the molecule is CC1(C)OB(c2cnc(S(=O)(=O)CC3CCN(C(=O)C(O)CO)C3)nc2)OC1(C)C. The number of aliphatic hydroxyl groups excluding tert-OH is 2. The number of aromatic nitrogens is 2. The summed E-state index contributed by atoms with van der Waals surface area (Å²) in [6.07, 6.45) is 1.79. The Morgan fingerprint density at radius 2 is 1.83 bits per heavy atom. The topological polar surface area (TPSA) is 139 Å². The standard InChI is InChI=1S/C18H28BN3O7S/c1-17(2)18(3,4)29-19(28-17)13-7-20-16(21-8-13)30(26,27)11-12-5-6-22(9-12)15(25)14(24)10-23/h7-8,12,14,23-24H,5-6,9-11H2,1-4H3. The lowest BCUT2D eigenvalue weighted by Crippen LogP contribution is -2.41. The first-order valence-corrected chi connectivity index (χ1v) is 11.5. The van der Waals surface area contributed by atoms with Crippen LogP contribution in [0.15, 0.2) is 17.6 Å². The molecular formula is C18H28BN3O7S. The molecule has 30 heavy (non-hydrogen) atoms. The maximum Gasteiger partial charge on any atom is 0.498 e. The molecule has 0 bridgehead atoms. The van der Waals surface area contributed by atoms with Gasteiger partial charge >= 0.3 is 7.12 Å². The van der Waals surface area contributed by atoms with Crippen molar-refractivity contribution in [2.45, 2.75) is 56.6 Å². The first-order valence-electron chi connectivity index (χ1n) is 9.84. The van der Waals surface area contributed by atoms with Crippen molar-refractivity contribution in [3.8, 4) is 0 Å². The number of carbonyl (C=O) groups excluding carboxylic acids is 1. The quantitative estimate of drug-likeness (QED) is 0.410. The van der Waals surface area contributed by atoms with Crippen molar-refractivity contribution in [2.75, 3.05) is 25.4 Å². The first kappa shape index (κ1) is 23.1. The summed E-state index contributed by atoms with van der Waals surface area (Å²) in [7, 11) is -4.44. The van der Waals surface area contributed by atoms with Gasteiger partial charge in [-0.15, -0.1) is 0 Å². The Bertz CT molecular complexity index is 876. The highest BCUT2D eigenvalue weighted by atomic mass is 32.2. The Labute approximate surface area is 176 Å². The number of sulfone groups is 1. The molecule has 2 N–H and O–H groups in total. The van der Waals surface area contributed by atoms with E-state index >= 15 is 0 Å². The molecule has 0 aromatic carbocycles. The van der Waals surface area contributed by atoms with Crippen molar-refractivity contribution in [1.82, 2.24) is 14.9 Å². The van der Waals surface area contributed by atoms with Crippen molar-refractivity contribution in [1.29, 1.82) is 0 Å². The van der Waals surface area contributed by atoms with Gasteiger partial charge in [-0.25, -0.2) is 18.4 Å². The lowest BCUT2D eigenvalue weighted by atomic mass is 9.81. The van der Waals surface area contributed by atoms with E-state index in [1.807, 2.05) is 27.7 Å². The Hall–Kier alpha value is -1.60. The van der Waals surface area contributed by atoms with Gasteiger partial charge in [0.05, 0.1) is 23.6 Å². The van der Waals surface area contributed by atoms with Gasteiger partial charge < -0.3 is 24.4 Å². The van der Waals surface area contributed by atoms with Crippen LogP contribution < -0.4 is 5.46 Å². The highest BCUT2D eigenvalue weighted by Crippen LogP contribution is 2.36. The zero-order valence-corrected chi connectivity index (χ0v) is 18.4. The van der Waals surface area contributed by atoms with E-state index in [-0.39, 0.29) is 23.4 Å². The molecule has 3 rings (SSSR count). The minimum Gasteiger partial charge on any atom is -0.399 e. The molecule has 0 radical (unpaired) electrons. The Balaban J connectivity index is 1.64. The van der Waals surface area contributed by atoms with Crippen LogP contribution in [0.2, 0.25) is 0 Å². The summed E-state index contributed by atoms with van der Waals surface area (Å²) in [5.41, 5.74) is -0.529. The largest absolute Gasteiger partial charge is 0.498 e. The van der Waals surface area contributed by atoms with E-state index in [2.05, 4.69) is 9.97 Å². The van der Waals surface area contributed by atoms with Crippen molar-refractivity contribution in [2.24, 2.45) is 5.92 Å². The van der Waals surface area contributed by atoms with E-state index in [4.69, 9.17) is 14.4 Å². The van der Waals surface area contributed by atoms with Crippen LogP contribution in [-0.4, -0.2) is 89.3 Å². The van der Waals surface area contributed by atoms with Crippen LogP contribution in [0, 0.1) is 5.92 Å². The number of nitrogens with zero attached hydrogens (tertiary/aromatic N) is 3. The van der Waals surface area contributed by atoms with E-state index in [1.165, 1.54) is 17.3 Å². The van der Waals surface area contributed by atoms with E-state index in [0.29, 0.717) is 18.4 Å². The zero-order chi connectivity index (χ0) is 22.3. The van der Waals surface area contributed by atoms with E-state index < -0.39 is 46.8 Å². The van der Waals surface area contributed by atoms with Gasteiger partial charge in [0.2, 0.25) is 15.0 Å². The molecule has 2 aliphatic heterocycles. The van der Waals surface area contributed by atoms with Crippen LogP contribution in [0.1, 0.15) is 34.1 Å². The Morgan fingerprint density at radius 1 is 1.27 bits per heavy atom. The molecule has 3 heterocycles. The van der Waals surface area contributed by atoms with Crippen LogP contribution in [0.5, 0.6) is 0 Å². The fraction of sp³-hybridized carbons (Fsp3) is 0.722. The van der Waals surface area contributed by atoms with E-state index in [9.17, 15) is 18.3 Å². The van der Waals surface area contributed by atoms with Crippen LogP contribution >= 0.6 is 0 Å². The Kier molecular flexibility index (Phi) is 6.27. The summed E-state index contributed by atoms with van der Waals surface area (Å²) in [5.74, 6) is -1.10. The van der Waals surface area contributed by atoms with Crippen molar-refractivity contribution < 1.29 is 32.7 Å². The second kappa shape index (κ2) is 8.15. The average Bonchev–Trinajstić information content (AvgIpc) is 3.21. The third-order valence-corrected chi connectivity index (χ3v) is 7.64. The second-order valence-electron chi connectivity index (χ2n) is 8.81. The lowest BCUT2D eigenvalue weighted by molar-refractivity contribution is -0.141. The summed E-state index contributed by atoms with van der Waals surface area (Å²) >= 11 is 0. The van der Waals surface area contributed by atoms with E-state index in [0.717, 1.165) is 0 Å². The highest BCUT2D eigenvalue weighted by molar-refractivity contribution is 7.91. The molecule has 1 aromatic rings. The molecule has 166 valence electrons. The number of aliphatic hydroxyl groups is 2. The van der Waals surface area contributed by atoms with Gasteiger partial charge in [-0.05, 0) is 40.0 Å². The maximum atomic E-state index is 12.7. The Morgan fingerprint density at radius 3 is 2.37 bits per heavy atom. The van der Waals surface area contributed by atoms with Crippen LogP contribution in [0.25, 0.3) is 0 Å². The molecule has 12 heteroatoms. The molecule has 1 amide bonds. The van der Waals surface area contributed by atoms with Gasteiger partial charge in [-0.1, -0.05) is 0 Å².